The summed E-state index contributed by atoms with van der Waals surface area (Å²) in [7, 11) is -0.138. The first-order chi connectivity index (χ1) is 10.7. The third-order valence-electron chi connectivity index (χ3n) is 4.74. The van der Waals surface area contributed by atoms with Crippen molar-refractivity contribution in [2.75, 3.05) is 20.3 Å². The summed E-state index contributed by atoms with van der Waals surface area (Å²) < 4.78 is 23.0. The van der Waals surface area contributed by atoms with Gasteiger partial charge in [-0.3, -0.25) is 0 Å². The van der Waals surface area contributed by atoms with Gasteiger partial charge in [-0.05, 0) is 35.8 Å². The molecule has 130 valence electrons. The van der Waals surface area contributed by atoms with E-state index in [1.165, 1.54) is 0 Å². The molecule has 2 rings (SSSR count). The first-order valence-electron chi connectivity index (χ1n) is 8.23. The average Bonchev–Trinajstić information content (AvgIpc) is 3.30. The van der Waals surface area contributed by atoms with Gasteiger partial charge in [0.1, 0.15) is 11.9 Å². The molecule has 1 fully saturated rings. The third kappa shape index (κ3) is 5.31. The molecule has 1 aliphatic heterocycles. The van der Waals surface area contributed by atoms with Crippen LogP contribution < -0.4 is 4.74 Å². The fourth-order valence-electron chi connectivity index (χ4n) is 2.06. The highest BCUT2D eigenvalue weighted by Crippen LogP contribution is 2.38. The van der Waals surface area contributed by atoms with E-state index in [2.05, 4.69) is 33.9 Å². The van der Waals surface area contributed by atoms with Gasteiger partial charge in [0.15, 0.2) is 8.32 Å². The van der Waals surface area contributed by atoms with Gasteiger partial charge < -0.3 is 18.6 Å². The van der Waals surface area contributed by atoms with E-state index in [1.54, 1.807) is 7.11 Å². The molecule has 2 atom stereocenters. The van der Waals surface area contributed by atoms with E-state index in [1.807, 2.05) is 24.3 Å². The van der Waals surface area contributed by atoms with Gasteiger partial charge >= 0.3 is 0 Å². The van der Waals surface area contributed by atoms with Gasteiger partial charge in [0.05, 0.1) is 33.0 Å². The monoisotopic (exact) mass is 338 g/mol. The Labute approximate surface area is 141 Å². The number of hydrogen-bond donors (Lipinski definition) is 0. The van der Waals surface area contributed by atoms with Gasteiger partial charge in [-0.2, -0.15) is 0 Å². The van der Waals surface area contributed by atoms with E-state index in [4.69, 9.17) is 18.6 Å². The molecule has 1 aliphatic rings. The summed E-state index contributed by atoms with van der Waals surface area (Å²) in [6.07, 6.45) is 0.231. The molecule has 0 aliphatic carbocycles. The lowest BCUT2D eigenvalue weighted by atomic mass is 10.2. The van der Waals surface area contributed by atoms with Gasteiger partial charge in [-0.15, -0.1) is 0 Å². The molecule has 4 nitrogen and oxygen atoms in total. The molecule has 1 aromatic rings. The Bertz CT molecular complexity index is 489. The van der Waals surface area contributed by atoms with Crippen LogP contribution in [0.3, 0.4) is 0 Å². The number of benzene rings is 1. The van der Waals surface area contributed by atoms with Crippen LogP contribution in [0.25, 0.3) is 0 Å². The maximum absolute atomic E-state index is 6.47. The summed E-state index contributed by atoms with van der Waals surface area (Å²) in [5.41, 5.74) is 1.13. The van der Waals surface area contributed by atoms with Crippen molar-refractivity contribution in [2.45, 2.75) is 57.7 Å². The normalized spacial score (nSPS) is 19.5. The number of rotatable bonds is 8. The Morgan fingerprint density at radius 2 is 1.83 bits per heavy atom. The fraction of sp³-hybridized carbons (Fsp3) is 0.667. The fourth-order valence-corrected chi connectivity index (χ4v) is 3.39. The van der Waals surface area contributed by atoms with E-state index < -0.39 is 8.32 Å². The Kier molecular flexibility index (Phi) is 5.89. The number of ether oxygens (including phenoxy) is 3. The summed E-state index contributed by atoms with van der Waals surface area (Å²) in [6.45, 7) is 13.2. The predicted octanol–water partition coefficient (Wildman–Crippen LogP) is 4.00. The van der Waals surface area contributed by atoms with Gasteiger partial charge in [-0.1, -0.05) is 32.9 Å². The van der Waals surface area contributed by atoms with Gasteiger partial charge in [0.25, 0.3) is 0 Å². The molecular formula is C18H30O4Si. The molecule has 0 N–H and O–H groups in total. The standard InChI is InChI=1S/C18H30O4Si/c1-18(2,3)23(5,6)22-17(16-13-21-16)12-20-11-14-7-9-15(19-4)10-8-14/h7-10,16-17H,11-13H2,1-6H3/t16-,17-/m1/s1. The minimum absolute atomic E-state index is 0.0362. The lowest BCUT2D eigenvalue weighted by molar-refractivity contribution is 0.0211. The average molecular weight is 339 g/mol. The minimum Gasteiger partial charge on any atom is -0.497 e. The Hall–Kier alpha value is -0.883. The summed E-state index contributed by atoms with van der Waals surface area (Å²) in [5, 5.41) is 0.191. The van der Waals surface area contributed by atoms with Crippen LogP contribution in [0.4, 0.5) is 0 Å². The Morgan fingerprint density at radius 1 is 1.22 bits per heavy atom. The quantitative estimate of drug-likeness (QED) is 0.530. The molecule has 5 heteroatoms. The van der Waals surface area contributed by atoms with Crippen molar-refractivity contribution >= 4 is 8.32 Å². The molecule has 0 spiro atoms. The van der Waals surface area contributed by atoms with Crippen LogP contribution in [-0.4, -0.2) is 40.8 Å². The highest BCUT2D eigenvalue weighted by atomic mass is 28.4. The lowest BCUT2D eigenvalue weighted by Crippen LogP contribution is -2.46. The highest BCUT2D eigenvalue weighted by Gasteiger charge is 2.43. The zero-order chi connectivity index (χ0) is 17.1. The van der Waals surface area contributed by atoms with Gasteiger partial charge in [0.2, 0.25) is 0 Å². The van der Waals surface area contributed by atoms with Gasteiger partial charge in [-0.25, -0.2) is 0 Å². The molecular weight excluding hydrogens is 308 g/mol. The third-order valence-corrected chi connectivity index (χ3v) is 9.24. The van der Waals surface area contributed by atoms with Crippen molar-refractivity contribution in [1.82, 2.24) is 0 Å². The zero-order valence-corrected chi connectivity index (χ0v) is 16.2. The second-order valence-electron chi connectivity index (χ2n) is 7.65. The van der Waals surface area contributed by atoms with Crippen molar-refractivity contribution in [3.05, 3.63) is 29.8 Å². The van der Waals surface area contributed by atoms with Crippen molar-refractivity contribution in [3.8, 4) is 5.75 Å². The molecule has 1 heterocycles. The van der Waals surface area contributed by atoms with Crippen LogP contribution in [0.5, 0.6) is 5.75 Å². The van der Waals surface area contributed by atoms with Crippen LogP contribution in [-0.2, 0) is 20.5 Å². The molecule has 0 unspecified atom stereocenters. The van der Waals surface area contributed by atoms with Crippen LogP contribution in [0.15, 0.2) is 24.3 Å². The molecule has 23 heavy (non-hydrogen) atoms. The van der Waals surface area contributed by atoms with Crippen molar-refractivity contribution in [1.29, 1.82) is 0 Å². The number of epoxide rings is 1. The van der Waals surface area contributed by atoms with E-state index >= 15 is 0 Å². The smallest absolute Gasteiger partial charge is 0.192 e. The molecule has 0 amide bonds. The van der Waals surface area contributed by atoms with Crippen LogP contribution in [0, 0.1) is 0 Å². The molecule has 0 radical (unpaired) electrons. The van der Waals surface area contributed by atoms with Crippen LogP contribution in [0.2, 0.25) is 18.1 Å². The van der Waals surface area contributed by atoms with E-state index in [9.17, 15) is 0 Å². The zero-order valence-electron chi connectivity index (χ0n) is 15.2. The topological polar surface area (TPSA) is 40.2 Å². The molecule has 1 aromatic carbocycles. The number of methoxy groups -OCH3 is 1. The predicted molar refractivity (Wildman–Crippen MR) is 94.5 cm³/mol. The summed E-state index contributed by atoms with van der Waals surface area (Å²) in [4.78, 5) is 0. The second-order valence-corrected chi connectivity index (χ2v) is 12.4. The van der Waals surface area contributed by atoms with Gasteiger partial charge in [0, 0.05) is 0 Å². The largest absolute Gasteiger partial charge is 0.497 e. The summed E-state index contributed by atoms with van der Waals surface area (Å²) in [6, 6.07) is 7.95. The summed E-state index contributed by atoms with van der Waals surface area (Å²) in [5.74, 6) is 0.860. The number of hydrogen-bond acceptors (Lipinski definition) is 4. The van der Waals surface area contributed by atoms with Crippen molar-refractivity contribution in [3.63, 3.8) is 0 Å². The molecule has 0 saturated carbocycles. The van der Waals surface area contributed by atoms with E-state index in [0.29, 0.717) is 13.2 Å². The first-order valence-corrected chi connectivity index (χ1v) is 11.1. The highest BCUT2D eigenvalue weighted by molar-refractivity contribution is 6.74. The van der Waals surface area contributed by atoms with Crippen LogP contribution >= 0.6 is 0 Å². The maximum Gasteiger partial charge on any atom is 0.192 e. The molecule has 1 saturated heterocycles. The Balaban J connectivity index is 1.85. The van der Waals surface area contributed by atoms with E-state index in [-0.39, 0.29) is 17.2 Å². The van der Waals surface area contributed by atoms with Crippen LogP contribution in [0.1, 0.15) is 26.3 Å². The summed E-state index contributed by atoms with van der Waals surface area (Å²) >= 11 is 0. The van der Waals surface area contributed by atoms with Crippen molar-refractivity contribution in [2.24, 2.45) is 0 Å². The van der Waals surface area contributed by atoms with E-state index in [0.717, 1.165) is 17.9 Å². The van der Waals surface area contributed by atoms with Crippen molar-refractivity contribution < 1.29 is 18.6 Å². The Morgan fingerprint density at radius 3 is 2.30 bits per heavy atom. The SMILES string of the molecule is COc1ccc(COC[C@@H](O[Si](C)(C)C(C)(C)C)[C@H]2CO2)cc1. The second kappa shape index (κ2) is 7.34. The lowest BCUT2D eigenvalue weighted by Gasteiger charge is -2.38. The maximum atomic E-state index is 6.47. The first kappa shape index (κ1) is 18.5. The minimum atomic E-state index is -1.81. The molecule has 0 aromatic heterocycles. The molecule has 0 bridgehead atoms.